The number of rotatable bonds is 6. The predicted octanol–water partition coefficient (Wildman–Crippen LogP) is 3.03. The highest BCUT2D eigenvalue weighted by atomic mass is 127. The maximum absolute atomic E-state index is 13.0. The molecular formula is C20H29FIN5O. The van der Waals surface area contributed by atoms with E-state index < -0.39 is 0 Å². The van der Waals surface area contributed by atoms with E-state index in [-0.39, 0.29) is 35.9 Å². The molecule has 0 radical (unpaired) electrons. The first kappa shape index (κ1) is 22.6. The molecule has 28 heavy (non-hydrogen) atoms. The van der Waals surface area contributed by atoms with E-state index in [1.165, 1.54) is 12.1 Å². The van der Waals surface area contributed by atoms with Gasteiger partial charge < -0.3 is 15.7 Å². The molecule has 1 aliphatic rings. The third-order valence-electron chi connectivity index (χ3n) is 4.76. The predicted molar refractivity (Wildman–Crippen MR) is 120 cm³/mol. The molecule has 1 aliphatic carbocycles. The quantitative estimate of drug-likeness (QED) is 0.323. The van der Waals surface area contributed by atoms with Crippen molar-refractivity contribution in [2.45, 2.75) is 51.2 Å². The number of aliphatic hydroxyl groups is 1. The average molecular weight is 501 g/mol. The molecule has 6 nitrogen and oxygen atoms in total. The minimum atomic E-state index is -0.253. The third kappa shape index (κ3) is 6.73. The lowest BCUT2D eigenvalue weighted by molar-refractivity contribution is 0.120. The summed E-state index contributed by atoms with van der Waals surface area (Å²) in [5.41, 5.74) is 1.78. The zero-order valence-corrected chi connectivity index (χ0v) is 18.5. The molecule has 1 fully saturated rings. The van der Waals surface area contributed by atoms with Gasteiger partial charge in [-0.05, 0) is 62.9 Å². The maximum atomic E-state index is 13.0. The minimum absolute atomic E-state index is 0. The first-order chi connectivity index (χ1) is 13.1. The standard InChI is InChI=1S/C20H28FN5O.HI/c1-2-22-20(24-16-5-9-19(27)10-6-16)23-13-11-17-12-14-26(25-17)18-7-3-15(21)4-8-18;/h3-4,7-8,12,14,16,19,27H,2,5-6,9-11,13H2,1H3,(H2,22,23,24);1H. The summed E-state index contributed by atoms with van der Waals surface area (Å²) in [6, 6.07) is 8.60. The first-order valence-corrected chi connectivity index (χ1v) is 9.67. The highest BCUT2D eigenvalue weighted by Gasteiger charge is 2.19. The fourth-order valence-electron chi connectivity index (χ4n) is 3.25. The van der Waals surface area contributed by atoms with Gasteiger partial charge in [0.2, 0.25) is 0 Å². The van der Waals surface area contributed by atoms with Gasteiger partial charge in [0.25, 0.3) is 0 Å². The van der Waals surface area contributed by atoms with Gasteiger partial charge >= 0.3 is 0 Å². The second kappa shape index (κ2) is 11.4. The summed E-state index contributed by atoms with van der Waals surface area (Å²) in [6.45, 7) is 3.48. The van der Waals surface area contributed by atoms with E-state index >= 15 is 0 Å². The van der Waals surface area contributed by atoms with Crippen LogP contribution in [-0.4, -0.2) is 46.1 Å². The Morgan fingerprint density at radius 2 is 1.93 bits per heavy atom. The Kier molecular flexibility index (Phi) is 9.17. The molecular weight excluding hydrogens is 472 g/mol. The monoisotopic (exact) mass is 501 g/mol. The molecule has 1 aromatic heterocycles. The Balaban J connectivity index is 0.00000280. The molecule has 0 unspecified atom stereocenters. The van der Waals surface area contributed by atoms with Gasteiger partial charge in [0.1, 0.15) is 5.82 Å². The Morgan fingerprint density at radius 1 is 1.21 bits per heavy atom. The van der Waals surface area contributed by atoms with Crippen LogP contribution in [0, 0.1) is 5.82 Å². The topological polar surface area (TPSA) is 74.5 Å². The normalized spacial score (nSPS) is 19.8. The zero-order valence-electron chi connectivity index (χ0n) is 16.1. The molecule has 1 aromatic carbocycles. The maximum Gasteiger partial charge on any atom is 0.191 e. The van der Waals surface area contributed by atoms with Gasteiger partial charge in [0.15, 0.2) is 5.96 Å². The van der Waals surface area contributed by atoms with Crippen LogP contribution in [-0.2, 0) is 6.42 Å². The lowest BCUT2D eigenvalue weighted by Crippen LogP contribution is -2.45. The minimum Gasteiger partial charge on any atom is -0.393 e. The molecule has 3 N–H and O–H groups in total. The number of hydrogen-bond donors (Lipinski definition) is 3. The Labute approximate surface area is 182 Å². The lowest BCUT2D eigenvalue weighted by Gasteiger charge is -2.27. The van der Waals surface area contributed by atoms with Crippen LogP contribution in [0.15, 0.2) is 41.5 Å². The second-order valence-electron chi connectivity index (χ2n) is 6.89. The van der Waals surface area contributed by atoms with Crippen LogP contribution < -0.4 is 10.6 Å². The number of nitrogens with zero attached hydrogens (tertiary/aromatic N) is 3. The average Bonchev–Trinajstić information content (AvgIpc) is 3.13. The molecule has 0 amide bonds. The van der Waals surface area contributed by atoms with Crippen LogP contribution >= 0.6 is 24.0 Å². The molecule has 154 valence electrons. The molecule has 2 aromatic rings. The van der Waals surface area contributed by atoms with Crippen LogP contribution in [0.2, 0.25) is 0 Å². The van der Waals surface area contributed by atoms with Crippen molar-refractivity contribution < 1.29 is 9.50 Å². The van der Waals surface area contributed by atoms with E-state index in [0.29, 0.717) is 12.6 Å². The van der Waals surface area contributed by atoms with Gasteiger partial charge in [-0.1, -0.05) is 0 Å². The van der Waals surface area contributed by atoms with Crippen molar-refractivity contribution in [3.8, 4) is 5.69 Å². The van der Waals surface area contributed by atoms with Gasteiger partial charge in [-0.2, -0.15) is 5.10 Å². The first-order valence-electron chi connectivity index (χ1n) is 9.67. The van der Waals surface area contributed by atoms with Gasteiger partial charge in [-0.15, -0.1) is 24.0 Å². The van der Waals surface area contributed by atoms with Crippen LogP contribution in [0.3, 0.4) is 0 Å². The van der Waals surface area contributed by atoms with Crippen molar-refractivity contribution in [2.75, 3.05) is 13.1 Å². The fourth-order valence-corrected chi connectivity index (χ4v) is 3.25. The van der Waals surface area contributed by atoms with Crippen molar-refractivity contribution in [1.82, 2.24) is 20.4 Å². The number of hydrogen-bond acceptors (Lipinski definition) is 3. The molecule has 0 atom stereocenters. The Morgan fingerprint density at radius 3 is 2.61 bits per heavy atom. The third-order valence-corrected chi connectivity index (χ3v) is 4.76. The fraction of sp³-hybridized carbons (Fsp3) is 0.500. The Bertz CT molecular complexity index is 741. The molecule has 0 saturated heterocycles. The molecule has 0 aliphatic heterocycles. The largest absolute Gasteiger partial charge is 0.393 e. The van der Waals surface area contributed by atoms with Gasteiger partial charge in [0, 0.05) is 31.7 Å². The van der Waals surface area contributed by atoms with Crippen LogP contribution in [0.25, 0.3) is 5.69 Å². The summed E-state index contributed by atoms with van der Waals surface area (Å²) in [5, 5.41) is 20.9. The number of aliphatic imine (C=N–C) groups is 1. The summed E-state index contributed by atoms with van der Waals surface area (Å²) in [6.07, 6.45) is 6.08. The van der Waals surface area contributed by atoms with Crippen LogP contribution in [0.5, 0.6) is 0 Å². The highest BCUT2D eigenvalue weighted by Crippen LogP contribution is 2.18. The summed E-state index contributed by atoms with van der Waals surface area (Å²) in [5.74, 6) is 0.563. The number of nitrogens with one attached hydrogen (secondary N) is 2. The molecule has 0 spiro atoms. The summed E-state index contributed by atoms with van der Waals surface area (Å²) >= 11 is 0. The lowest BCUT2D eigenvalue weighted by atomic mass is 9.93. The molecule has 3 rings (SSSR count). The highest BCUT2D eigenvalue weighted by molar-refractivity contribution is 14.0. The van der Waals surface area contributed by atoms with E-state index in [1.54, 1.807) is 16.8 Å². The zero-order chi connectivity index (χ0) is 19.1. The van der Waals surface area contributed by atoms with Crippen molar-refractivity contribution in [3.05, 3.63) is 48.0 Å². The van der Waals surface area contributed by atoms with Gasteiger partial charge in [-0.3, -0.25) is 4.99 Å². The number of halogens is 2. The van der Waals surface area contributed by atoms with E-state index in [2.05, 4.69) is 20.7 Å². The summed E-state index contributed by atoms with van der Waals surface area (Å²) in [4.78, 5) is 4.65. The number of aliphatic hydroxyl groups excluding tert-OH is 1. The van der Waals surface area contributed by atoms with E-state index in [9.17, 15) is 9.50 Å². The summed E-state index contributed by atoms with van der Waals surface area (Å²) in [7, 11) is 0. The van der Waals surface area contributed by atoms with Crippen LogP contribution in [0.4, 0.5) is 4.39 Å². The molecule has 8 heteroatoms. The summed E-state index contributed by atoms with van der Waals surface area (Å²) < 4.78 is 14.8. The van der Waals surface area contributed by atoms with Crippen molar-refractivity contribution in [3.63, 3.8) is 0 Å². The van der Waals surface area contributed by atoms with E-state index in [0.717, 1.165) is 56.0 Å². The van der Waals surface area contributed by atoms with Crippen molar-refractivity contribution in [1.29, 1.82) is 0 Å². The molecule has 0 bridgehead atoms. The van der Waals surface area contributed by atoms with Gasteiger partial charge in [-0.25, -0.2) is 9.07 Å². The second-order valence-corrected chi connectivity index (χ2v) is 6.89. The smallest absolute Gasteiger partial charge is 0.191 e. The van der Waals surface area contributed by atoms with Crippen molar-refractivity contribution in [2.24, 2.45) is 4.99 Å². The van der Waals surface area contributed by atoms with E-state index in [1.807, 2.05) is 19.2 Å². The van der Waals surface area contributed by atoms with Gasteiger partial charge in [0.05, 0.1) is 17.5 Å². The SMILES string of the molecule is CCNC(=NCCc1ccn(-c2ccc(F)cc2)n1)NC1CCC(O)CC1.I. The van der Waals surface area contributed by atoms with Crippen LogP contribution in [0.1, 0.15) is 38.3 Å². The van der Waals surface area contributed by atoms with Crippen molar-refractivity contribution >= 4 is 29.9 Å². The number of benzene rings is 1. The Hall–Kier alpha value is -1.68. The number of aromatic nitrogens is 2. The molecule has 1 saturated carbocycles. The molecule has 1 heterocycles. The van der Waals surface area contributed by atoms with E-state index in [4.69, 9.17) is 0 Å². The number of guanidine groups is 1.